The lowest BCUT2D eigenvalue weighted by Gasteiger charge is -2.03. The Morgan fingerprint density at radius 3 is 2.48 bits per heavy atom. The van der Waals surface area contributed by atoms with Crippen LogP contribution in [0.15, 0.2) is 73.1 Å². The molecule has 2 aromatic heterocycles. The van der Waals surface area contributed by atoms with Gasteiger partial charge in [-0.25, -0.2) is 14.6 Å². The van der Waals surface area contributed by atoms with Gasteiger partial charge in [-0.15, -0.1) is 0 Å². The van der Waals surface area contributed by atoms with Gasteiger partial charge in [0.15, 0.2) is 5.65 Å². The largest absolute Gasteiger partial charge is 0.383 e. The van der Waals surface area contributed by atoms with Gasteiger partial charge in [-0.1, -0.05) is 54.1 Å². The molecule has 0 fully saturated rings. The molecule has 0 unspecified atom stereocenters. The Hall–Kier alpha value is -4.06. The van der Waals surface area contributed by atoms with E-state index >= 15 is 0 Å². The molecule has 5 rings (SSSR count). The van der Waals surface area contributed by atoms with E-state index in [9.17, 15) is 4.79 Å². The second-order valence-corrected chi connectivity index (χ2v) is 6.94. The fraction of sp³-hybridized carbons (Fsp3) is 0.0435. The minimum absolute atomic E-state index is 0.215. The molecular formula is C23H17N5O. The second kappa shape index (κ2) is 6.53. The van der Waals surface area contributed by atoms with Crippen molar-refractivity contribution in [2.24, 2.45) is 0 Å². The van der Waals surface area contributed by atoms with E-state index in [0.29, 0.717) is 16.6 Å². The summed E-state index contributed by atoms with van der Waals surface area (Å²) in [7, 11) is 0. The Morgan fingerprint density at radius 2 is 1.69 bits per heavy atom. The molecule has 0 saturated heterocycles. The number of carbonyl (C=O) groups is 1. The summed E-state index contributed by atoms with van der Waals surface area (Å²) in [4.78, 5) is 21.8. The van der Waals surface area contributed by atoms with Crippen molar-refractivity contribution in [3.8, 4) is 5.69 Å². The van der Waals surface area contributed by atoms with Crippen molar-refractivity contribution in [2.45, 2.75) is 6.92 Å². The summed E-state index contributed by atoms with van der Waals surface area (Å²) in [5, 5.41) is 7.12. The molecule has 6 nitrogen and oxygen atoms in total. The molecule has 0 aliphatic heterocycles. The van der Waals surface area contributed by atoms with Crippen LogP contribution in [0.5, 0.6) is 0 Å². The van der Waals surface area contributed by atoms with Crippen LogP contribution in [0.3, 0.4) is 0 Å². The van der Waals surface area contributed by atoms with Crippen LogP contribution in [0, 0.1) is 6.92 Å². The van der Waals surface area contributed by atoms with E-state index < -0.39 is 0 Å². The fourth-order valence-electron chi connectivity index (χ4n) is 3.47. The number of hydrogen-bond acceptors (Lipinski definition) is 5. The molecule has 2 N–H and O–H groups in total. The van der Waals surface area contributed by atoms with Gasteiger partial charge in [-0.3, -0.25) is 4.79 Å². The third kappa shape index (κ3) is 2.82. The van der Waals surface area contributed by atoms with Crippen molar-refractivity contribution in [3.63, 3.8) is 0 Å². The number of rotatable bonds is 3. The van der Waals surface area contributed by atoms with E-state index in [4.69, 9.17) is 5.73 Å². The average Bonchev–Trinajstić information content (AvgIpc) is 3.14. The first-order valence-corrected chi connectivity index (χ1v) is 9.21. The van der Waals surface area contributed by atoms with Gasteiger partial charge in [-0.05, 0) is 35.9 Å². The lowest BCUT2D eigenvalue weighted by atomic mass is 10.0. The molecule has 2 heterocycles. The van der Waals surface area contributed by atoms with E-state index in [1.165, 1.54) is 6.33 Å². The third-order valence-electron chi connectivity index (χ3n) is 5.00. The smallest absolute Gasteiger partial charge is 0.214 e. The number of nitrogen functional groups attached to an aromatic ring is 1. The molecule has 3 aromatic carbocycles. The molecular weight excluding hydrogens is 362 g/mol. The Balaban J connectivity index is 1.71. The number of anilines is 1. The maximum Gasteiger partial charge on any atom is 0.214 e. The zero-order valence-corrected chi connectivity index (χ0v) is 15.7. The second-order valence-electron chi connectivity index (χ2n) is 6.94. The van der Waals surface area contributed by atoms with Gasteiger partial charge >= 0.3 is 0 Å². The Kier molecular flexibility index (Phi) is 3.84. The third-order valence-corrected chi connectivity index (χ3v) is 5.00. The first kappa shape index (κ1) is 17.1. The number of nitrogens with zero attached hydrogens (tertiary/aromatic N) is 4. The number of carbonyl (C=O) groups excluding carboxylic acids is 1. The van der Waals surface area contributed by atoms with Crippen molar-refractivity contribution >= 4 is 33.4 Å². The summed E-state index contributed by atoms with van der Waals surface area (Å²) in [6.07, 6.45) is 1.38. The number of benzene rings is 3. The van der Waals surface area contributed by atoms with Gasteiger partial charge in [-0.2, -0.15) is 5.10 Å². The van der Waals surface area contributed by atoms with Crippen LogP contribution in [-0.2, 0) is 0 Å². The molecule has 6 heteroatoms. The molecule has 0 aliphatic carbocycles. The van der Waals surface area contributed by atoms with Gasteiger partial charge < -0.3 is 5.73 Å². The maximum absolute atomic E-state index is 13.4. The molecule has 0 atom stereocenters. The summed E-state index contributed by atoms with van der Waals surface area (Å²) in [5.74, 6) is 0.0191. The Bertz CT molecular complexity index is 1390. The van der Waals surface area contributed by atoms with Gasteiger partial charge in [0.05, 0.1) is 11.1 Å². The minimum atomic E-state index is -0.215. The van der Waals surface area contributed by atoms with Gasteiger partial charge in [0, 0.05) is 5.56 Å². The zero-order valence-electron chi connectivity index (χ0n) is 15.7. The van der Waals surface area contributed by atoms with Crippen molar-refractivity contribution in [1.82, 2.24) is 19.7 Å². The molecule has 140 valence electrons. The molecule has 0 saturated carbocycles. The predicted molar refractivity (Wildman–Crippen MR) is 113 cm³/mol. The maximum atomic E-state index is 13.4. The normalized spacial score (nSPS) is 11.2. The molecule has 0 bridgehead atoms. The van der Waals surface area contributed by atoms with E-state index in [-0.39, 0.29) is 17.3 Å². The summed E-state index contributed by atoms with van der Waals surface area (Å²) >= 11 is 0. The zero-order chi connectivity index (χ0) is 20.0. The number of aryl methyl sites for hydroxylation is 1. The lowest BCUT2D eigenvalue weighted by Crippen LogP contribution is -2.05. The standard InChI is InChI=1S/C23H17N5O/c1-14-6-10-18(11-7-14)28-23-19(22(24)25-13-26-23)20(27-28)21(29)17-9-8-15-4-2-3-5-16(15)12-17/h2-13H,1H3,(H2,24,25,26). The highest BCUT2D eigenvalue weighted by Gasteiger charge is 2.23. The number of fused-ring (bicyclic) bond motifs is 2. The Morgan fingerprint density at radius 1 is 0.931 bits per heavy atom. The van der Waals surface area contributed by atoms with Crippen molar-refractivity contribution in [2.75, 3.05) is 5.73 Å². The highest BCUT2D eigenvalue weighted by molar-refractivity contribution is 6.17. The van der Waals surface area contributed by atoms with Gasteiger partial charge in [0.25, 0.3) is 0 Å². The van der Waals surface area contributed by atoms with Crippen LogP contribution < -0.4 is 5.73 Å². The van der Waals surface area contributed by atoms with Gasteiger partial charge in [0.2, 0.25) is 5.78 Å². The van der Waals surface area contributed by atoms with E-state index in [1.54, 1.807) is 10.7 Å². The Labute approximate surface area is 166 Å². The van der Waals surface area contributed by atoms with Crippen LogP contribution in [0.1, 0.15) is 21.6 Å². The van der Waals surface area contributed by atoms with E-state index in [1.807, 2.05) is 67.6 Å². The van der Waals surface area contributed by atoms with Crippen LogP contribution in [-0.4, -0.2) is 25.5 Å². The average molecular weight is 379 g/mol. The highest BCUT2D eigenvalue weighted by atomic mass is 16.1. The molecule has 29 heavy (non-hydrogen) atoms. The molecule has 0 amide bonds. The number of ketones is 1. The number of aromatic nitrogens is 4. The lowest BCUT2D eigenvalue weighted by molar-refractivity contribution is 0.103. The molecule has 0 spiro atoms. The monoisotopic (exact) mass is 379 g/mol. The quantitative estimate of drug-likeness (QED) is 0.477. The van der Waals surface area contributed by atoms with Crippen molar-refractivity contribution in [3.05, 3.63) is 89.9 Å². The summed E-state index contributed by atoms with van der Waals surface area (Å²) < 4.78 is 1.64. The summed E-state index contributed by atoms with van der Waals surface area (Å²) in [6.45, 7) is 2.01. The molecule has 0 aliphatic rings. The van der Waals surface area contributed by atoms with Crippen molar-refractivity contribution < 1.29 is 4.79 Å². The van der Waals surface area contributed by atoms with Crippen molar-refractivity contribution in [1.29, 1.82) is 0 Å². The number of hydrogen-bond donors (Lipinski definition) is 1. The summed E-state index contributed by atoms with van der Waals surface area (Å²) in [5.41, 5.74) is 9.35. The minimum Gasteiger partial charge on any atom is -0.383 e. The molecule has 0 radical (unpaired) electrons. The first-order chi connectivity index (χ1) is 14.1. The van der Waals surface area contributed by atoms with Gasteiger partial charge in [0.1, 0.15) is 17.8 Å². The topological polar surface area (TPSA) is 86.7 Å². The van der Waals surface area contributed by atoms with Crippen LogP contribution in [0.4, 0.5) is 5.82 Å². The summed E-state index contributed by atoms with van der Waals surface area (Å²) in [6, 6.07) is 21.4. The SMILES string of the molecule is Cc1ccc(-n2nc(C(=O)c3ccc4ccccc4c3)c3c(N)ncnc32)cc1. The first-order valence-electron chi connectivity index (χ1n) is 9.21. The van der Waals surface area contributed by atoms with Crippen LogP contribution in [0.2, 0.25) is 0 Å². The fourth-order valence-corrected chi connectivity index (χ4v) is 3.47. The number of nitrogens with two attached hydrogens (primary N) is 1. The predicted octanol–water partition coefficient (Wildman–Crippen LogP) is 4.09. The van der Waals surface area contributed by atoms with E-state index in [2.05, 4.69) is 15.1 Å². The highest BCUT2D eigenvalue weighted by Crippen LogP contribution is 2.27. The van der Waals surface area contributed by atoms with Crippen LogP contribution >= 0.6 is 0 Å². The van der Waals surface area contributed by atoms with Crippen LogP contribution in [0.25, 0.3) is 27.5 Å². The molecule has 5 aromatic rings. The van der Waals surface area contributed by atoms with E-state index in [0.717, 1.165) is 22.0 Å².